The average molecular weight is 494 g/mol. The number of aryl methyl sites for hydroxylation is 1. The SMILES string of the molecule is COc1ccccc1N(C)S(=O)(=O)c1ccc(C)c(C(=O)Nc2ccccc2OC(F)(F)F)c1. The van der Waals surface area contributed by atoms with Gasteiger partial charge in [-0.15, -0.1) is 13.2 Å². The summed E-state index contributed by atoms with van der Waals surface area (Å²) in [6.07, 6.45) is -4.95. The van der Waals surface area contributed by atoms with E-state index < -0.39 is 28.0 Å². The van der Waals surface area contributed by atoms with Crippen LogP contribution >= 0.6 is 0 Å². The van der Waals surface area contributed by atoms with Crippen LogP contribution < -0.4 is 19.1 Å². The minimum Gasteiger partial charge on any atom is -0.495 e. The van der Waals surface area contributed by atoms with E-state index >= 15 is 0 Å². The van der Waals surface area contributed by atoms with E-state index in [0.717, 1.165) is 10.4 Å². The number of methoxy groups -OCH3 is 1. The summed E-state index contributed by atoms with van der Waals surface area (Å²) in [6.45, 7) is 1.58. The molecule has 3 rings (SSSR count). The number of sulfonamides is 1. The molecule has 34 heavy (non-hydrogen) atoms. The number of ether oxygens (including phenoxy) is 2. The molecule has 0 aliphatic rings. The zero-order valence-corrected chi connectivity index (χ0v) is 19.2. The maximum absolute atomic E-state index is 13.2. The molecule has 7 nitrogen and oxygen atoms in total. The summed E-state index contributed by atoms with van der Waals surface area (Å²) in [6, 6.07) is 15.5. The van der Waals surface area contributed by atoms with Crippen LogP contribution in [-0.4, -0.2) is 34.8 Å². The van der Waals surface area contributed by atoms with Gasteiger partial charge in [0.1, 0.15) is 5.75 Å². The lowest BCUT2D eigenvalue weighted by atomic mass is 10.1. The molecule has 1 amide bonds. The molecule has 0 saturated carbocycles. The fourth-order valence-corrected chi connectivity index (χ4v) is 4.39. The Morgan fingerprint density at radius 2 is 1.59 bits per heavy atom. The molecular weight excluding hydrogens is 473 g/mol. The van der Waals surface area contributed by atoms with Crippen molar-refractivity contribution in [1.82, 2.24) is 0 Å². The number of halogens is 3. The second kappa shape index (κ2) is 9.64. The number of alkyl halides is 3. The summed E-state index contributed by atoms with van der Waals surface area (Å²) in [5.74, 6) is -1.06. The lowest BCUT2D eigenvalue weighted by molar-refractivity contribution is -0.274. The second-order valence-electron chi connectivity index (χ2n) is 7.12. The van der Waals surface area contributed by atoms with Crippen molar-refractivity contribution in [2.75, 3.05) is 23.8 Å². The highest BCUT2D eigenvalue weighted by atomic mass is 32.2. The maximum Gasteiger partial charge on any atom is 0.573 e. The quantitative estimate of drug-likeness (QED) is 0.501. The molecule has 0 aliphatic heterocycles. The van der Waals surface area contributed by atoms with E-state index in [9.17, 15) is 26.4 Å². The van der Waals surface area contributed by atoms with Crippen molar-refractivity contribution in [2.24, 2.45) is 0 Å². The predicted octanol–water partition coefficient (Wildman–Crippen LogP) is 4.98. The molecule has 0 aliphatic carbocycles. The molecule has 0 bridgehead atoms. The molecule has 0 aromatic heterocycles. The summed E-state index contributed by atoms with van der Waals surface area (Å²) < 4.78 is 74.8. The van der Waals surface area contributed by atoms with Gasteiger partial charge in [-0.1, -0.05) is 30.3 Å². The number of carbonyl (C=O) groups excluding carboxylic acids is 1. The number of nitrogens with zero attached hydrogens (tertiary/aromatic N) is 1. The Balaban J connectivity index is 1.95. The molecule has 0 saturated heterocycles. The fraction of sp³-hybridized carbons (Fsp3) is 0.174. The minimum atomic E-state index is -4.95. The first kappa shape index (κ1) is 24.9. The molecule has 0 fully saturated rings. The first-order chi connectivity index (χ1) is 15.9. The standard InChI is InChI=1S/C23H21F3N2O5S/c1-15-12-13-16(34(30,31)28(2)19-9-5-7-11-21(19)32-3)14-17(15)22(29)27-18-8-4-6-10-20(18)33-23(24,25)26/h4-14H,1-3H3,(H,27,29). The van der Waals surface area contributed by atoms with E-state index in [1.165, 1.54) is 50.6 Å². The van der Waals surface area contributed by atoms with Gasteiger partial charge >= 0.3 is 6.36 Å². The van der Waals surface area contributed by atoms with Gasteiger partial charge in [0.15, 0.2) is 5.75 Å². The zero-order chi connectivity index (χ0) is 25.1. The number of nitrogens with one attached hydrogen (secondary N) is 1. The molecule has 3 aromatic rings. The Bertz CT molecular complexity index is 1310. The Morgan fingerprint density at radius 1 is 0.971 bits per heavy atom. The van der Waals surface area contributed by atoms with Gasteiger partial charge in [0.25, 0.3) is 15.9 Å². The summed E-state index contributed by atoms with van der Waals surface area (Å²) in [5, 5.41) is 2.36. The van der Waals surface area contributed by atoms with Gasteiger partial charge in [0.05, 0.1) is 23.4 Å². The number of hydrogen-bond acceptors (Lipinski definition) is 5. The minimum absolute atomic E-state index is 0.0312. The van der Waals surface area contributed by atoms with Crippen LogP contribution in [0.3, 0.4) is 0 Å². The molecule has 3 aromatic carbocycles. The normalized spacial score (nSPS) is 11.6. The number of para-hydroxylation sites is 4. The smallest absolute Gasteiger partial charge is 0.495 e. The summed E-state index contributed by atoms with van der Waals surface area (Å²) in [4.78, 5) is 12.7. The fourth-order valence-electron chi connectivity index (χ4n) is 3.16. The van der Waals surface area contributed by atoms with Crippen LogP contribution in [0.4, 0.5) is 24.5 Å². The third kappa shape index (κ3) is 5.42. The van der Waals surface area contributed by atoms with Crippen molar-refractivity contribution in [3.05, 3.63) is 77.9 Å². The molecule has 1 N–H and O–H groups in total. The average Bonchev–Trinajstić information content (AvgIpc) is 2.79. The highest BCUT2D eigenvalue weighted by Gasteiger charge is 2.32. The number of amides is 1. The van der Waals surface area contributed by atoms with E-state index in [1.54, 1.807) is 31.2 Å². The summed E-state index contributed by atoms with van der Waals surface area (Å²) in [5.41, 5.74) is 0.459. The van der Waals surface area contributed by atoms with Crippen molar-refractivity contribution in [3.8, 4) is 11.5 Å². The monoisotopic (exact) mass is 494 g/mol. The van der Waals surface area contributed by atoms with Crippen LogP contribution in [0.5, 0.6) is 11.5 Å². The molecule has 0 atom stereocenters. The molecule has 0 unspecified atom stereocenters. The van der Waals surface area contributed by atoms with Gasteiger partial charge in [-0.05, 0) is 48.9 Å². The summed E-state index contributed by atoms with van der Waals surface area (Å²) in [7, 11) is -1.35. The van der Waals surface area contributed by atoms with Gasteiger partial charge in [-0.25, -0.2) is 8.42 Å². The highest BCUT2D eigenvalue weighted by molar-refractivity contribution is 7.92. The number of anilines is 2. The molecular formula is C23H21F3N2O5S. The van der Waals surface area contributed by atoms with Crippen LogP contribution in [0.1, 0.15) is 15.9 Å². The first-order valence-electron chi connectivity index (χ1n) is 9.83. The van der Waals surface area contributed by atoms with Gasteiger partial charge < -0.3 is 14.8 Å². The third-order valence-electron chi connectivity index (χ3n) is 4.90. The molecule has 0 spiro atoms. The molecule has 0 heterocycles. The lowest BCUT2D eigenvalue weighted by Gasteiger charge is -2.22. The van der Waals surface area contributed by atoms with E-state index in [-0.39, 0.29) is 21.8 Å². The number of rotatable bonds is 7. The highest BCUT2D eigenvalue weighted by Crippen LogP contribution is 2.33. The van der Waals surface area contributed by atoms with Gasteiger partial charge in [0, 0.05) is 12.6 Å². The van der Waals surface area contributed by atoms with Crippen LogP contribution in [0.2, 0.25) is 0 Å². The molecule has 11 heteroatoms. The van der Waals surface area contributed by atoms with Crippen molar-refractivity contribution in [3.63, 3.8) is 0 Å². The van der Waals surface area contributed by atoms with Crippen molar-refractivity contribution < 1.29 is 35.9 Å². The molecule has 180 valence electrons. The second-order valence-corrected chi connectivity index (χ2v) is 9.09. The van der Waals surface area contributed by atoms with Crippen LogP contribution in [0.25, 0.3) is 0 Å². The van der Waals surface area contributed by atoms with Crippen molar-refractivity contribution >= 4 is 27.3 Å². The van der Waals surface area contributed by atoms with E-state index in [1.807, 2.05) is 0 Å². The van der Waals surface area contributed by atoms with Crippen molar-refractivity contribution in [1.29, 1.82) is 0 Å². The Morgan fingerprint density at radius 3 is 2.24 bits per heavy atom. The topological polar surface area (TPSA) is 84.9 Å². The number of carbonyl (C=O) groups is 1. The first-order valence-corrected chi connectivity index (χ1v) is 11.3. The molecule has 0 radical (unpaired) electrons. The van der Waals surface area contributed by atoms with E-state index in [0.29, 0.717) is 11.3 Å². The Hall–Kier alpha value is -3.73. The maximum atomic E-state index is 13.2. The van der Waals surface area contributed by atoms with Crippen LogP contribution in [-0.2, 0) is 10.0 Å². The number of hydrogen-bond donors (Lipinski definition) is 1. The van der Waals surface area contributed by atoms with Crippen molar-refractivity contribution in [2.45, 2.75) is 18.2 Å². The Labute approximate surface area is 194 Å². The largest absolute Gasteiger partial charge is 0.573 e. The third-order valence-corrected chi connectivity index (χ3v) is 6.66. The number of benzene rings is 3. The summed E-state index contributed by atoms with van der Waals surface area (Å²) >= 11 is 0. The van der Waals surface area contributed by atoms with Gasteiger partial charge in [-0.2, -0.15) is 0 Å². The van der Waals surface area contributed by atoms with Crippen LogP contribution in [0, 0.1) is 6.92 Å². The van der Waals surface area contributed by atoms with Gasteiger partial charge in [-0.3, -0.25) is 9.10 Å². The van der Waals surface area contributed by atoms with E-state index in [2.05, 4.69) is 10.1 Å². The Kier molecular flexibility index (Phi) is 7.06. The predicted molar refractivity (Wildman–Crippen MR) is 121 cm³/mol. The van der Waals surface area contributed by atoms with E-state index in [4.69, 9.17) is 4.74 Å². The lowest BCUT2D eigenvalue weighted by Crippen LogP contribution is -2.27. The van der Waals surface area contributed by atoms with Gasteiger partial charge in [0.2, 0.25) is 0 Å². The zero-order valence-electron chi connectivity index (χ0n) is 18.4. The van der Waals surface area contributed by atoms with Crippen LogP contribution in [0.15, 0.2) is 71.6 Å².